The van der Waals surface area contributed by atoms with Crippen LogP contribution in [0, 0.1) is 6.92 Å². The van der Waals surface area contributed by atoms with E-state index in [1.165, 1.54) is 11.1 Å². The number of nitrogens with one attached hydrogen (secondary N) is 1. The van der Waals surface area contributed by atoms with Crippen molar-refractivity contribution in [1.82, 2.24) is 24.8 Å². The molecule has 1 aliphatic heterocycles. The van der Waals surface area contributed by atoms with E-state index in [-0.39, 0.29) is 12.5 Å². The number of methoxy groups -OCH3 is 1. The van der Waals surface area contributed by atoms with E-state index in [4.69, 9.17) is 9.72 Å². The SMILES string of the molecule is COc1cc(-c2cnc3[nH]cc(-c4ccc(C(=O)N(C)CC(C)O)c(C)c4)c3n2)cc2c1CN(C)CC2. The Morgan fingerprint density at radius 2 is 2.08 bits per heavy atom. The molecule has 8 heteroatoms. The maximum atomic E-state index is 12.9. The molecule has 3 heterocycles. The van der Waals surface area contributed by atoms with E-state index in [0.717, 1.165) is 58.7 Å². The van der Waals surface area contributed by atoms with Gasteiger partial charge in [-0.25, -0.2) is 9.97 Å². The largest absolute Gasteiger partial charge is 0.496 e. The summed E-state index contributed by atoms with van der Waals surface area (Å²) in [6, 6.07) is 10.0. The number of benzene rings is 2. The Morgan fingerprint density at radius 1 is 1.27 bits per heavy atom. The number of aromatic amines is 1. The highest BCUT2D eigenvalue weighted by Gasteiger charge is 2.21. The standard InChI is InChI=1S/C29H33N5O3/c1-17-10-19(6-7-22(17)29(36)34(4)15-18(2)35)23-13-30-28-27(23)32-25(14-31-28)21-11-20-8-9-33(3)16-24(20)26(12-21)37-5/h6-7,10-14,18,35H,8-9,15-16H2,1-5H3,(H,30,31). The lowest BCUT2D eigenvalue weighted by Crippen LogP contribution is -2.33. The van der Waals surface area contributed by atoms with Crippen molar-refractivity contribution < 1.29 is 14.6 Å². The maximum absolute atomic E-state index is 12.9. The number of H-pyrrole nitrogens is 1. The van der Waals surface area contributed by atoms with E-state index in [1.807, 2.05) is 31.3 Å². The molecule has 5 rings (SSSR count). The number of hydrogen-bond donors (Lipinski definition) is 2. The Balaban J connectivity index is 1.51. The number of carbonyl (C=O) groups is 1. The van der Waals surface area contributed by atoms with Crippen molar-refractivity contribution in [2.75, 3.05) is 34.3 Å². The summed E-state index contributed by atoms with van der Waals surface area (Å²) in [4.78, 5) is 29.6. The first-order valence-electron chi connectivity index (χ1n) is 12.5. The third-order valence-electron chi connectivity index (χ3n) is 7.04. The quantitative estimate of drug-likeness (QED) is 0.416. The lowest BCUT2D eigenvalue weighted by molar-refractivity contribution is 0.0703. The number of ether oxygens (including phenoxy) is 1. The van der Waals surface area contributed by atoms with Crippen LogP contribution in [0.4, 0.5) is 0 Å². The van der Waals surface area contributed by atoms with Crippen LogP contribution in [0.2, 0.25) is 0 Å². The summed E-state index contributed by atoms with van der Waals surface area (Å²) in [6.45, 7) is 5.77. The molecular weight excluding hydrogens is 466 g/mol. The third-order valence-corrected chi connectivity index (χ3v) is 7.04. The van der Waals surface area contributed by atoms with Crippen LogP contribution >= 0.6 is 0 Å². The summed E-state index contributed by atoms with van der Waals surface area (Å²) in [5.41, 5.74) is 9.15. The molecule has 1 atom stereocenters. The first-order chi connectivity index (χ1) is 17.7. The fourth-order valence-corrected chi connectivity index (χ4v) is 5.10. The van der Waals surface area contributed by atoms with Gasteiger partial charge in [0.25, 0.3) is 5.91 Å². The second-order valence-corrected chi connectivity index (χ2v) is 10.0. The van der Waals surface area contributed by atoms with Gasteiger partial charge in [0, 0.05) is 55.1 Å². The Hall–Kier alpha value is -3.75. The molecule has 0 radical (unpaired) electrons. The average Bonchev–Trinajstić information content (AvgIpc) is 3.30. The molecule has 0 saturated heterocycles. The normalized spacial score (nSPS) is 14.4. The number of amides is 1. The van der Waals surface area contributed by atoms with E-state index in [9.17, 15) is 9.90 Å². The minimum absolute atomic E-state index is 0.112. The summed E-state index contributed by atoms with van der Waals surface area (Å²) in [6.07, 6.45) is 4.10. The molecule has 1 unspecified atom stereocenters. The van der Waals surface area contributed by atoms with Crippen molar-refractivity contribution >= 4 is 17.1 Å². The molecular formula is C29H33N5O3. The second-order valence-electron chi connectivity index (χ2n) is 10.0. The fraction of sp³-hybridized carbons (Fsp3) is 0.345. The number of rotatable bonds is 6. The van der Waals surface area contributed by atoms with Crippen molar-refractivity contribution in [3.05, 3.63) is 65.0 Å². The zero-order valence-electron chi connectivity index (χ0n) is 22.0. The minimum atomic E-state index is -0.580. The van der Waals surface area contributed by atoms with Gasteiger partial charge in [0.2, 0.25) is 0 Å². The van der Waals surface area contributed by atoms with E-state index < -0.39 is 6.10 Å². The summed E-state index contributed by atoms with van der Waals surface area (Å²) in [5, 5.41) is 9.64. The number of aryl methyl sites for hydroxylation is 1. The number of carbonyl (C=O) groups excluding carboxylic acids is 1. The second kappa shape index (κ2) is 9.95. The van der Waals surface area contributed by atoms with Gasteiger partial charge in [0.15, 0.2) is 5.65 Å². The van der Waals surface area contributed by atoms with Crippen LogP contribution < -0.4 is 4.74 Å². The van der Waals surface area contributed by atoms with E-state index in [1.54, 1.807) is 32.2 Å². The molecule has 2 aromatic heterocycles. The molecule has 2 aromatic carbocycles. The Morgan fingerprint density at radius 3 is 2.81 bits per heavy atom. The predicted octanol–water partition coefficient (Wildman–Crippen LogP) is 4.05. The molecule has 37 heavy (non-hydrogen) atoms. The van der Waals surface area contributed by atoms with Crippen molar-refractivity contribution in [2.45, 2.75) is 32.9 Å². The lowest BCUT2D eigenvalue weighted by Gasteiger charge is -2.27. The van der Waals surface area contributed by atoms with Crippen molar-refractivity contribution in [2.24, 2.45) is 0 Å². The summed E-state index contributed by atoms with van der Waals surface area (Å²) in [5.74, 6) is 0.769. The molecule has 1 amide bonds. The number of aliphatic hydroxyl groups excluding tert-OH is 1. The molecule has 0 aliphatic carbocycles. The predicted molar refractivity (Wildman–Crippen MR) is 145 cm³/mol. The van der Waals surface area contributed by atoms with Gasteiger partial charge in [-0.1, -0.05) is 12.1 Å². The Bertz CT molecular complexity index is 1460. The number of aromatic nitrogens is 3. The number of likely N-dealkylation sites (N-methyl/N-ethyl adjacent to an activating group) is 2. The fourth-order valence-electron chi connectivity index (χ4n) is 5.10. The Labute approximate surface area is 216 Å². The molecule has 2 N–H and O–H groups in total. The number of nitrogens with zero attached hydrogens (tertiary/aromatic N) is 4. The molecule has 8 nitrogen and oxygen atoms in total. The highest BCUT2D eigenvalue weighted by molar-refractivity contribution is 5.97. The molecule has 0 spiro atoms. The van der Waals surface area contributed by atoms with Gasteiger partial charge in [0.1, 0.15) is 11.3 Å². The molecule has 4 aromatic rings. The molecule has 192 valence electrons. The molecule has 1 aliphatic rings. The summed E-state index contributed by atoms with van der Waals surface area (Å²) in [7, 11) is 5.54. The molecule has 0 fully saturated rings. The zero-order chi connectivity index (χ0) is 26.3. The molecule has 0 bridgehead atoms. The van der Waals surface area contributed by atoms with Gasteiger partial charge in [0.05, 0.1) is 25.1 Å². The highest BCUT2D eigenvalue weighted by Crippen LogP contribution is 2.35. The first-order valence-corrected chi connectivity index (χ1v) is 12.5. The van der Waals surface area contributed by atoms with Crippen LogP contribution in [0.25, 0.3) is 33.5 Å². The van der Waals surface area contributed by atoms with Gasteiger partial charge in [-0.2, -0.15) is 0 Å². The lowest BCUT2D eigenvalue weighted by atomic mass is 9.95. The van der Waals surface area contributed by atoms with Gasteiger partial charge >= 0.3 is 0 Å². The topological polar surface area (TPSA) is 94.6 Å². The number of hydrogen-bond acceptors (Lipinski definition) is 6. The van der Waals surface area contributed by atoms with Crippen LogP contribution in [-0.4, -0.2) is 76.2 Å². The van der Waals surface area contributed by atoms with Gasteiger partial charge in [-0.05, 0) is 62.2 Å². The summed E-state index contributed by atoms with van der Waals surface area (Å²) >= 11 is 0. The smallest absolute Gasteiger partial charge is 0.253 e. The average molecular weight is 500 g/mol. The maximum Gasteiger partial charge on any atom is 0.253 e. The van der Waals surface area contributed by atoms with E-state index >= 15 is 0 Å². The van der Waals surface area contributed by atoms with Crippen LogP contribution in [0.3, 0.4) is 0 Å². The van der Waals surface area contributed by atoms with Crippen molar-refractivity contribution in [3.63, 3.8) is 0 Å². The highest BCUT2D eigenvalue weighted by atomic mass is 16.5. The van der Waals surface area contributed by atoms with Crippen LogP contribution in [0.15, 0.2) is 42.7 Å². The van der Waals surface area contributed by atoms with Crippen LogP contribution in [-0.2, 0) is 13.0 Å². The van der Waals surface area contributed by atoms with E-state index in [2.05, 4.69) is 34.0 Å². The zero-order valence-corrected chi connectivity index (χ0v) is 22.0. The third kappa shape index (κ3) is 4.82. The molecule has 0 saturated carbocycles. The van der Waals surface area contributed by atoms with Gasteiger partial charge in [-0.3, -0.25) is 4.79 Å². The minimum Gasteiger partial charge on any atom is -0.496 e. The van der Waals surface area contributed by atoms with Crippen LogP contribution in [0.1, 0.15) is 34.0 Å². The van der Waals surface area contributed by atoms with Crippen molar-refractivity contribution in [3.8, 4) is 28.1 Å². The Kier molecular flexibility index (Phi) is 6.70. The number of aliphatic hydroxyl groups is 1. The monoisotopic (exact) mass is 499 g/mol. The van der Waals surface area contributed by atoms with Gasteiger partial charge < -0.3 is 24.6 Å². The first kappa shape index (κ1) is 24.9. The van der Waals surface area contributed by atoms with E-state index in [0.29, 0.717) is 11.2 Å². The summed E-state index contributed by atoms with van der Waals surface area (Å²) < 4.78 is 5.74. The number of fused-ring (bicyclic) bond motifs is 2. The van der Waals surface area contributed by atoms with Gasteiger partial charge in [-0.15, -0.1) is 0 Å². The van der Waals surface area contributed by atoms with Crippen LogP contribution in [0.5, 0.6) is 5.75 Å². The van der Waals surface area contributed by atoms with Crippen molar-refractivity contribution in [1.29, 1.82) is 0 Å².